The van der Waals surface area contributed by atoms with Crippen LogP contribution in [0.4, 0.5) is 0 Å². The molecule has 0 amide bonds. The number of rotatable bonds is 6. The Hall–Kier alpha value is -1.88. The molecule has 0 bridgehead atoms. The van der Waals surface area contributed by atoms with E-state index < -0.39 is 5.60 Å². The quantitative estimate of drug-likeness (QED) is 0.658. The molecule has 1 saturated heterocycles. The number of nitrogens with zero attached hydrogens (tertiary/aromatic N) is 1. The Kier molecular flexibility index (Phi) is 7.47. The predicted octanol–water partition coefficient (Wildman–Crippen LogP) is 4.89. The monoisotopic (exact) mass is 450 g/mol. The molecule has 2 saturated carbocycles. The van der Waals surface area contributed by atoms with Crippen LogP contribution in [0.15, 0.2) is 48.5 Å². The highest BCUT2D eigenvalue weighted by atomic mass is 16.5. The van der Waals surface area contributed by atoms with Gasteiger partial charge < -0.3 is 20.1 Å². The third kappa shape index (κ3) is 5.45. The molecule has 5 rings (SSSR count). The molecule has 2 aromatic rings. The minimum Gasteiger partial charge on any atom is -0.497 e. The smallest absolute Gasteiger partial charge is 0.118 e. The Bertz CT molecular complexity index is 887. The number of aryl methyl sites for hydroxylation is 1. The second-order valence-corrected chi connectivity index (χ2v) is 10.8. The van der Waals surface area contributed by atoms with Gasteiger partial charge in [-0.2, -0.15) is 0 Å². The molecule has 2 aliphatic carbocycles. The van der Waals surface area contributed by atoms with Crippen molar-refractivity contribution in [3.05, 3.63) is 65.2 Å². The van der Waals surface area contributed by atoms with E-state index in [9.17, 15) is 5.11 Å². The number of likely N-dealkylation sites (N-methyl/N-ethyl adjacent to an activating group) is 1. The molecule has 4 nitrogen and oxygen atoms in total. The summed E-state index contributed by atoms with van der Waals surface area (Å²) in [5, 5.41) is 14.6. The zero-order valence-corrected chi connectivity index (χ0v) is 20.9. The van der Waals surface area contributed by atoms with Crippen LogP contribution in [0.1, 0.15) is 61.1 Å². The lowest BCUT2D eigenvalue weighted by atomic mass is 9.72. The molecular weight excluding hydrogens is 408 g/mol. The number of hydrogen-bond donors (Lipinski definition) is 2. The van der Waals surface area contributed by atoms with E-state index >= 15 is 0 Å². The Morgan fingerprint density at radius 2 is 1.70 bits per heavy atom. The second-order valence-electron chi connectivity index (χ2n) is 10.8. The van der Waals surface area contributed by atoms with Gasteiger partial charge in [0.25, 0.3) is 0 Å². The van der Waals surface area contributed by atoms with Crippen molar-refractivity contribution in [3.8, 4) is 5.75 Å². The van der Waals surface area contributed by atoms with Crippen molar-refractivity contribution in [3.63, 3.8) is 0 Å². The largest absolute Gasteiger partial charge is 0.497 e. The van der Waals surface area contributed by atoms with Gasteiger partial charge in [-0.1, -0.05) is 61.2 Å². The summed E-state index contributed by atoms with van der Waals surface area (Å²) in [6, 6.07) is 17.3. The highest BCUT2D eigenvalue weighted by Gasteiger charge is 2.57. The van der Waals surface area contributed by atoms with Gasteiger partial charge in [-0.05, 0) is 76.0 Å². The number of piperidine rings is 1. The Morgan fingerprint density at radius 1 is 1.03 bits per heavy atom. The maximum Gasteiger partial charge on any atom is 0.118 e. The summed E-state index contributed by atoms with van der Waals surface area (Å²) in [5.74, 6) is 1.96. The highest BCUT2D eigenvalue weighted by Crippen LogP contribution is 2.56. The van der Waals surface area contributed by atoms with Crippen molar-refractivity contribution in [2.24, 2.45) is 5.92 Å². The summed E-state index contributed by atoms with van der Waals surface area (Å²) in [7, 11) is 5.83. The first kappa shape index (κ1) is 24.3. The molecule has 180 valence electrons. The van der Waals surface area contributed by atoms with Gasteiger partial charge >= 0.3 is 0 Å². The molecular formula is C29H42N2O2. The number of hydrogen-bond acceptors (Lipinski definition) is 4. The Labute approximate surface area is 200 Å². The second kappa shape index (κ2) is 10.2. The van der Waals surface area contributed by atoms with E-state index in [2.05, 4.69) is 67.6 Å². The van der Waals surface area contributed by atoms with Crippen LogP contribution >= 0.6 is 0 Å². The summed E-state index contributed by atoms with van der Waals surface area (Å²) < 4.78 is 5.23. The minimum absolute atomic E-state index is 0.170. The number of benzene rings is 2. The molecule has 3 aliphatic rings. The van der Waals surface area contributed by atoms with E-state index in [4.69, 9.17) is 4.74 Å². The summed E-state index contributed by atoms with van der Waals surface area (Å²) in [6.45, 7) is 5.45. The highest BCUT2D eigenvalue weighted by molar-refractivity contribution is 5.38. The fourth-order valence-electron chi connectivity index (χ4n) is 5.97. The Balaban J connectivity index is 0.000000170. The lowest BCUT2D eigenvalue weighted by molar-refractivity contribution is -0.0277. The molecule has 0 spiro atoms. The van der Waals surface area contributed by atoms with Gasteiger partial charge in [0.05, 0.1) is 12.7 Å². The molecule has 0 radical (unpaired) electrons. The van der Waals surface area contributed by atoms with Gasteiger partial charge in [-0.3, -0.25) is 0 Å². The predicted molar refractivity (Wildman–Crippen MR) is 136 cm³/mol. The normalized spacial score (nSPS) is 26.2. The fraction of sp³-hybridized carbons (Fsp3) is 0.586. The van der Waals surface area contributed by atoms with Crippen LogP contribution in [0.5, 0.6) is 5.75 Å². The van der Waals surface area contributed by atoms with Gasteiger partial charge in [-0.25, -0.2) is 0 Å². The SMILES string of the molecule is COc1ccc(C(CN(C)C)C2(O)CCCCC2)cc1.Cc1ccc(C23CNCC2C3)cc1. The van der Waals surface area contributed by atoms with E-state index in [0.29, 0.717) is 5.41 Å². The summed E-state index contributed by atoms with van der Waals surface area (Å²) in [5.41, 5.74) is 4.10. The summed E-state index contributed by atoms with van der Waals surface area (Å²) >= 11 is 0. The van der Waals surface area contributed by atoms with E-state index in [1.807, 2.05) is 12.1 Å². The molecule has 1 heterocycles. The minimum atomic E-state index is -0.558. The zero-order valence-electron chi connectivity index (χ0n) is 20.9. The number of nitrogens with one attached hydrogen (secondary N) is 1. The molecule has 3 atom stereocenters. The van der Waals surface area contributed by atoms with E-state index in [1.54, 1.807) is 12.7 Å². The standard InChI is InChI=1S/C17H27NO2.C12H15N/c1-18(2)13-16(17(19)11-5-4-6-12-17)14-7-9-15(20-3)10-8-14;1-9-2-4-10(5-3-9)12-6-11(12)7-13-8-12/h7-10,16,19H,4-6,11-13H2,1-3H3;2-5,11,13H,6-8H2,1H3. The van der Waals surface area contributed by atoms with Crippen LogP contribution in [-0.4, -0.2) is 56.4 Å². The van der Waals surface area contributed by atoms with Crippen molar-refractivity contribution in [2.45, 2.75) is 62.4 Å². The molecule has 2 N–H and O–H groups in total. The van der Waals surface area contributed by atoms with Gasteiger partial charge in [0.2, 0.25) is 0 Å². The number of aliphatic hydroxyl groups is 1. The van der Waals surface area contributed by atoms with Gasteiger partial charge in [0.15, 0.2) is 0 Å². The maximum absolute atomic E-state index is 11.1. The molecule has 4 heteroatoms. The first-order chi connectivity index (χ1) is 15.9. The van der Waals surface area contributed by atoms with Gasteiger partial charge in [-0.15, -0.1) is 0 Å². The van der Waals surface area contributed by atoms with Crippen LogP contribution in [0.3, 0.4) is 0 Å². The van der Waals surface area contributed by atoms with E-state index in [1.165, 1.54) is 37.1 Å². The molecule has 3 unspecified atom stereocenters. The average Bonchev–Trinajstić information content (AvgIpc) is 3.38. The number of ether oxygens (including phenoxy) is 1. The topological polar surface area (TPSA) is 44.7 Å². The van der Waals surface area contributed by atoms with E-state index in [0.717, 1.165) is 43.9 Å². The zero-order chi connectivity index (χ0) is 23.5. The van der Waals surface area contributed by atoms with Crippen molar-refractivity contribution in [2.75, 3.05) is 40.8 Å². The summed E-state index contributed by atoms with van der Waals surface area (Å²) in [4.78, 5) is 2.17. The lowest BCUT2D eigenvalue weighted by Crippen LogP contribution is -2.42. The number of methoxy groups -OCH3 is 1. The molecule has 33 heavy (non-hydrogen) atoms. The van der Waals surface area contributed by atoms with Crippen LogP contribution < -0.4 is 10.1 Å². The van der Waals surface area contributed by atoms with Crippen molar-refractivity contribution < 1.29 is 9.84 Å². The van der Waals surface area contributed by atoms with Gasteiger partial charge in [0, 0.05) is 24.4 Å². The number of fused-ring (bicyclic) bond motifs is 1. The molecule has 0 aromatic heterocycles. The van der Waals surface area contributed by atoms with Crippen LogP contribution in [0.25, 0.3) is 0 Å². The Morgan fingerprint density at radius 3 is 2.21 bits per heavy atom. The van der Waals surface area contributed by atoms with Crippen molar-refractivity contribution in [1.82, 2.24) is 10.2 Å². The van der Waals surface area contributed by atoms with Gasteiger partial charge in [0.1, 0.15) is 5.75 Å². The molecule has 1 aliphatic heterocycles. The fourth-order valence-corrected chi connectivity index (χ4v) is 5.97. The van der Waals surface area contributed by atoms with Crippen molar-refractivity contribution in [1.29, 1.82) is 0 Å². The first-order valence-corrected chi connectivity index (χ1v) is 12.7. The molecule has 3 fully saturated rings. The van der Waals surface area contributed by atoms with Crippen LogP contribution in [-0.2, 0) is 5.41 Å². The van der Waals surface area contributed by atoms with E-state index in [-0.39, 0.29) is 5.92 Å². The lowest BCUT2D eigenvalue weighted by Gasteiger charge is -2.40. The van der Waals surface area contributed by atoms with Crippen molar-refractivity contribution >= 4 is 0 Å². The third-order valence-electron chi connectivity index (χ3n) is 8.12. The summed E-state index contributed by atoms with van der Waals surface area (Å²) in [6.07, 6.45) is 6.75. The first-order valence-electron chi connectivity index (χ1n) is 12.7. The maximum atomic E-state index is 11.1. The molecule has 2 aromatic carbocycles. The third-order valence-corrected chi connectivity index (χ3v) is 8.12. The van der Waals surface area contributed by atoms with Crippen LogP contribution in [0, 0.1) is 12.8 Å². The van der Waals surface area contributed by atoms with Crippen LogP contribution in [0.2, 0.25) is 0 Å². The average molecular weight is 451 g/mol.